The van der Waals surface area contributed by atoms with E-state index in [4.69, 9.17) is 16.1 Å². The third kappa shape index (κ3) is 2.68. The standard InChI is InChI=1S/C15H10ClN3O3/c1-21-15(20)11-5-4-9(7-12(11)16)13-18-14(22-19-13)10-3-2-6-17-8-10/h2-8H,1H3. The number of hydrogen-bond acceptors (Lipinski definition) is 6. The van der Waals surface area contributed by atoms with Crippen molar-refractivity contribution in [2.24, 2.45) is 0 Å². The van der Waals surface area contributed by atoms with E-state index in [0.717, 1.165) is 5.56 Å². The summed E-state index contributed by atoms with van der Waals surface area (Å²) in [4.78, 5) is 19.8. The number of rotatable bonds is 3. The number of carbonyl (C=O) groups is 1. The first-order chi connectivity index (χ1) is 10.7. The Morgan fingerprint density at radius 1 is 1.27 bits per heavy atom. The van der Waals surface area contributed by atoms with Crippen LogP contribution in [0.2, 0.25) is 5.02 Å². The summed E-state index contributed by atoms with van der Waals surface area (Å²) in [7, 11) is 1.30. The third-order valence-corrected chi connectivity index (χ3v) is 3.28. The first kappa shape index (κ1) is 14.2. The number of carbonyl (C=O) groups excluding carboxylic acids is 1. The van der Waals surface area contributed by atoms with E-state index in [2.05, 4.69) is 19.9 Å². The van der Waals surface area contributed by atoms with Gasteiger partial charge in [0.2, 0.25) is 5.82 Å². The van der Waals surface area contributed by atoms with Crippen LogP contribution in [0.15, 0.2) is 47.2 Å². The molecule has 0 aliphatic rings. The molecule has 0 aliphatic heterocycles. The minimum Gasteiger partial charge on any atom is -0.465 e. The summed E-state index contributed by atoms with van der Waals surface area (Å²) in [5.74, 6) is 0.231. The predicted octanol–water partition coefficient (Wildman–Crippen LogP) is 3.24. The topological polar surface area (TPSA) is 78.1 Å². The summed E-state index contributed by atoms with van der Waals surface area (Å²) in [6.07, 6.45) is 3.29. The van der Waals surface area contributed by atoms with Crippen molar-refractivity contribution in [1.82, 2.24) is 15.1 Å². The van der Waals surface area contributed by atoms with Crippen LogP contribution in [0.3, 0.4) is 0 Å². The van der Waals surface area contributed by atoms with Crippen molar-refractivity contribution in [2.75, 3.05) is 7.11 Å². The van der Waals surface area contributed by atoms with E-state index in [0.29, 0.717) is 17.3 Å². The Morgan fingerprint density at radius 3 is 2.82 bits per heavy atom. The normalized spacial score (nSPS) is 10.5. The third-order valence-electron chi connectivity index (χ3n) is 2.97. The van der Waals surface area contributed by atoms with Gasteiger partial charge in [0.15, 0.2) is 0 Å². The molecule has 3 aromatic rings. The molecular formula is C15H10ClN3O3. The van der Waals surface area contributed by atoms with E-state index in [1.807, 2.05) is 6.07 Å². The van der Waals surface area contributed by atoms with E-state index in [9.17, 15) is 4.79 Å². The largest absolute Gasteiger partial charge is 0.465 e. The van der Waals surface area contributed by atoms with E-state index in [1.165, 1.54) is 7.11 Å². The number of benzene rings is 1. The van der Waals surface area contributed by atoms with Crippen molar-refractivity contribution in [1.29, 1.82) is 0 Å². The van der Waals surface area contributed by atoms with Gasteiger partial charge < -0.3 is 9.26 Å². The highest BCUT2D eigenvalue weighted by Crippen LogP contribution is 2.26. The second kappa shape index (κ2) is 5.95. The van der Waals surface area contributed by atoms with E-state index in [1.54, 1.807) is 36.7 Å². The summed E-state index contributed by atoms with van der Waals surface area (Å²) in [5, 5.41) is 4.17. The lowest BCUT2D eigenvalue weighted by Gasteiger charge is -2.03. The highest BCUT2D eigenvalue weighted by Gasteiger charge is 2.15. The molecule has 0 unspecified atom stereocenters. The molecule has 0 N–H and O–H groups in total. The molecule has 6 nitrogen and oxygen atoms in total. The lowest BCUT2D eigenvalue weighted by atomic mass is 10.1. The number of hydrogen-bond donors (Lipinski definition) is 0. The predicted molar refractivity (Wildman–Crippen MR) is 79.3 cm³/mol. The van der Waals surface area contributed by atoms with Crippen molar-refractivity contribution >= 4 is 17.6 Å². The zero-order valence-electron chi connectivity index (χ0n) is 11.5. The van der Waals surface area contributed by atoms with E-state index < -0.39 is 5.97 Å². The van der Waals surface area contributed by atoms with Crippen LogP contribution in [0.5, 0.6) is 0 Å². The summed E-state index contributed by atoms with van der Waals surface area (Å²) >= 11 is 6.08. The van der Waals surface area contributed by atoms with Gasteiger partial charge in [0.25, 0.3) is 5.89 Å². The van der Waals surface area contributed by atoms with Crippen LogP contribution in [-0.2, 0) is 4.74 Å². The fraction of sp³-hybridized carbons (Fsp3) is 0.0667. The van der Waals surface area contributed by atoms with Crippen LogP contribution < -0.4 is 0 Å². The Hall–Kier alpha value is -2.73. The molecule has 0 fully saturated rings. The second-order valence-electron chi connectivity index (χ2n) is 4.35. The molecule has 0 aliphatic carbocycles. The molecule has 0 bridgehead atoms. The Morgan fingerprint density at radius 2 is 2.14 bits per heavy atom. The molecule has 0 amide bonds. The molecule has 110 valence electrons. The molecule has 0 saturated heterocycles. The van der Waals surface area contributed by atoms with Gasteiger partial charge in [-0.3, -0.25) is 4.98 Å². The lowest BCUT2D eigenvalue weighted by Crippen LogP contribution is -2.01. The minimum absolute atomic E-state index is 0.261. The van der Waals surface area contributed by atoms with Crippen molar-refractivity contribution < 1.29 is 14.1 Å². The van der Waals surface area contributed by atoms with Gasteiger partial charge in [0, 0.05) is 18.0 Å². The quantitative estimate of drug-likeness (QED) is 0.690. The number of methoxy groups -OCH3 is 1. The molecule has 0 atom stereocenters. The number of esters is 1. The van der Waals surface area contributed by atoms with Gasteiger partial charge in [-0.25, -0.2) is 4.79 Å². The van der Waals surface area contributed by atoms with Crippen LogP contribution in [-0.4, -0.2) is 28.2 Å². The average Bonchev–Trinajstić information content (AvgIpc) is 3.05. The molecular weight excluding hydrogens is 306 g/mol. The van der Waals surface area contributed by atoms with Crippen LogP contribution in [0.25, 0.3) is 22.8 Å². The van der Waals surface area contributed by atoms with Gasteiger partial charge in [-0.15, -0.1) is 0 Å². The Kier molecular flexibility index (Phi) is 3.84. The molecule has 0 radical (unpaired) electrons. The molecule has 0 spiro atoms. The Bertz CT molecular complexity index is 818. The number of ether oxygens (including phenoxy) is 1. The van der Waals surface area contributed by atoms with Crippen LogP contribution in [0.1, 0.15) is 10.4 Å². The summed E-state index contributed by atoms with van der Waals surface area (Å²) < 4.78 is 9.85. The maximum atomic E-state index is 11.5. The Balaban J connectivity index is 1.94. The SMILES string of the molecule is COC(=O)c1ccc(-c2noc(-c3cccnc3)n2)cc1Cl. The van der Waals surface area contributed by atoms with Crippen molar-refractivity contribution in [2.45, 2.75) is 0 Å². The monoisotopic (exact) mass is 315 g/mol. The molecule has 1 aromatic carbocycles. The maximum absolute atomic E-state index is 11.5. The van der Waals surface area contributed by atoms with Crippen LogP contribution in [0.4, 0.5) is 0 Å². The summed E-state index contributed by atoms with van der Waals surface area (Å²) in [6, 6.07) is 8.42. The first-order valence-electron chi connectivity index (χ1n) is 6.31. The minimum atomic E-state index is -0.499. The molecule has 22 heavy (non-hydrogen) atoms. The first-order valence-corrected chi connectivity index (χ1v) is 6.69. The molecule has 0 saturated carbocycles. The number of pyridine rings is 1. The van der Waals surface area contributed by atoms with Gasteiger partial charge in [-0.1, -0.05) is 22.8 Å². The number of aromatic nitrogens is 3. The number of halogens is 1. The lowest BCUT2D eigenvalue weighted by molar-refractivity contribution is 0.0601. The fourth-order valence-corrected chi connectivity index (χ4v) is 2.13. The van der Waals surface area contributed by atoms with E-state index >= 15 is 0 Å². The molecule has 2 aromatic heterocycles. The van der Waals surface area contributed by atoms with Crippen molar-refractivity contribution in [3.63, 3.8) is 0 Å². The second-order valence-corrected chi connectivity index (χ2v) is 4.76. The smallest absolute Gasteiger partial charge is 0.339 e. The van der Waals surface area contributed by atoms with Crippen molar-refractivity contribution in [3.8, 4) is 22.8 Å². The summed E-state index contributed by atoms with van der Waals surface area (Å²) in [5.41, 5.74) is 1.64. The zero-order chi connectivity index (χ0) is 15.5. The molecule has 7 heteroatoms. The van der Waals surface area contributed by atoms with Gasteiger partial charge >= 0.3 is 5.97 Å². The molecule has 3 rings (SSSR count). The highest BCUT2D eigenvalue weighted by molar-refractivity contribution is 6.33. The van der Waals surface area contributed by atoms with Gasteiger partial charge in [-0.2, -0.15) is 4.98 Å². The maximum Gasteiger partial charge on any atom is 0.339 e. The highest BCUT2D eigenvalue weighted by atomic mass is 35.5. The van der Waals surface area contributed by atoms with Gasteiger partial charge in [-0.05, 0) is 24.3 Å². The van der Waals surface area contributed by atoms with E-state index in [-0.39, 0.29) is 10.6 Å². The average molecular weight is 316 g/mol. The fourth-order valence-electron chi connectivity index (χ4n) is 1.88. The summed E-state index contributed by atoms with van der Waals surface area (Å²) in [6.45, 7) is 0. The van der Waals surface area contributed by atoms with Gasteiger partial charge in [0.05, 0.1) is 23.3 Å². The molecule has 2 heterocycles. The van der Waals surface area contributed by atoms with Crippen molar-refractivity contribution in [3.05, 3.63) is 53.3 Å². The van der Waals surface area contributed by atoms with Crippen LogP contribution >= 0.6 is 11.6 Å². The number of nitrogens with zero attached hydrogens (tertiary/aromatic N) is 3. The van der Waals surface area contributed by atoms with Crippen LogP contribution in [0, 0.1) is 0 Å². The zero-order valence-corrected chi connectivity index (χ0v) is 12.2. The Labute approximate surface area is 130 Å². The van der Waals surface area contributed by atoms with Gasteiger partial charge in [0.1, 0.15) is 0 Å².